The second-order valence-electron chi connectivity index (χ2n) is 4.09. The minimum Gasteiger partial charge on any atom is -0.364 e. The van der Waals surface area contributed by atoms with E-state index in [2.05, 4.69) is 14.4 Å². The molecule has 6 heteroatoms. The van der Waals surface area contributed by atoms with Crippen LogP contribution in [-0.4, -0.2) is 19.1 Å². The third-order valence-corrected chi connectivity index (χ3v) is 3.68. The van der Waals surface area contributed by atoms with Crippen LogP contribution in [0.3, 0.4) is 0 Å². The highest BCUT2D eigenvalue weighted by Gasteiger charge is 2.23. The van der Waals surface area contributed by atoms with Gasteiger partial charge in [-0.1, -0.05) is 12.1 Å². The van der Waals surface area contributed by atoms with Gasteiger partial charge in [-0.05, 0) is 20.3 Å². The Kier molecular flexibility index (Phi) is 3.51. The van der Waals surface area contributed by atoms with Crippen molar-refractivity contribution in [2.45, 2.75) is 38.5 Å². The molecule has 0 aromatic carbocycles. The minimum atomic E-state index is -3.35. The lowest BCUT2D eigenvalue weighted by Gasteiger charge is -2.23. The van der Waals surface area contributed by atoms with E-state index in [-0.39, 0.29) is 5.75 Å². The van der Waals surface area contributed by atoms with Crippen molar-refractivity contribution in [2.24, 2.45) is 0 Å². The van der Waals surface area contributed by atoms with Crippen molar-refractivity contribution in [2.75, 3.05) is 0 Å². The first-order valence-electron chi connectivity index (χ1n) is 4.75. The molecule has 0 atom stereocenters. The number of nitrogens with one attached hydrogen (secondary N) is 1. The van der Waals surface area contributed by atoms with Crippen molar-refractivity contribution in [3.63, 3.8) is 0 Å². The molecule has 1 heterocycles. The molecule has 5 nitrogen and oxygen atoms in total. The Balaban J connectivity index is 2.69. The molecule has 0 saturated carbocycles. The third kappa shape index (κ3) is 4.01. The number of hydrogen-bond donors (Lipinski definition) is 1. The average molecular weight is 232 g/mol. The predicted octanol–water partition coefficient (Wildman–Crippen LogP) is 1.28. The fraction of sp³-hybridized carbons (Fsp3) is 0.667. The summed E-state index contributed by atoms with van der Waals surface area (Å²) < 4.78 is 30.5. The molecule has 0 unspecified atom stereocenters. The minimum absolute atomic E-state index is 0.146. The summed E-state index contributed by atoms with van der Waals surface area (Å²) in [7, 11) is -3.35. The molecule has 0 aliphatic rings. The summed E-state index contributed by atoms with van der Waals surface area (Å²) in [6.45, 7) is 5.61. The van der Waals surface area contributed by atoms with Gasteiger partial charge in [-0.3, -0.25) is 0 Å². The molecule has 1 aromatic heterocycles. The Morgan fingerprint density at radius 3 is 2.67 bits per heavy atom. The van der Waals surface area contributed by atoms with Crippen LogP contribution in [-0.2, 0) is 15.8 Å². The molecule has 0 bridgehead atoms. The zero-order valence-electron chi connectivity index (χ0n) is 9.15. The van der Waals surface area contributed by atoms with Gasteiger partial charge in [0.1, 0.15) is 12.0 Å². The van der Waals surface area contributed by atoms with Crippen LogP contribution in [0.5, 0.6) is 0 Å². The molecule has 0 radical (unpaired) electrons. The van der Waals surface area contributed by atoms with Gasteiger partial charge in [0.25, 0.3) is 0 Å². The summed E-state index contributed by atoms with van der Waals surface area (Å²) in [4.78, 5) is 0. The van der Waals surface area contributed by atoms with Gasteiger partial charge >= 0.3 is 0 Å². The van der Waals surface area contributed by atoms with Crippen LogP contribution in [0.15, 0.2) is 16.9 Å². The number of nitrogens with zero attached hydrogens (tertiary/aromatic N) is 1. The zero-order chi connectivity index (χ0) is 11.5. The maximum absolute atomic E-state index is 11.7. The molecular weight excluding hydrogens is 216 g/mol. The molecule has 1 N–H and O–H groups in total. The highest BCUT2D eigenvalue weighted by atomic mass is 32.2. The van der Waals surface area contributed by atoms with Gasteiger partial charge in [-0.25, -0.2) is 13.1 Å². The molecule has 0 aliphatic carbocycles. The Hall–Kier alpha value is -0.880. The highest BCUT2D eigenvalue weighted by molar-refractivity contribution is 7.88. The van der Waals surface area contributed by atoms with Crippen molar-refractivity contribution in [1.29, 1.82) is 0 Å². The van der Waals surface area contributed by atoms with Crippen LogP contribution < -0.4 is 4.72 Å². The number of aromatic nitrogens is 1. The Bertz CT molecular complexity index is 395. The average Bonchev–Trinajstić information content (AvgIpc) is 2.54. The number of hydrogen-bond acceptors (Lipinski definition) is 4. The van der Waals surface area contributed by atoms with E-state index in [1.165, 1.54) is 12.3 Å². The van der Waals surface area contributed by atoms with Crippen molar-refractivity contribution in [1.82, 2.24) is 9.88 Å². The Labute approximate surface area is 89.9 Å². The van der Waals surface area contributed by atoms with Gasteiger partial charge < -0.3 is 4.52 Å². The normalized spacial score (nSPS) is 13.0. The lowest BCUT2D eigenvalue weighted by Crippen LogP contribution is -2.43. The SMILES string of the molecule is CCC(C)(C)NS(=O)(=O)Cc1ccon1. The summed E-state index contributed by atoms with van der Waals surface area (Å²) in [6, 6.07) is 1.54. The lowest BCUT2D eigenvalue weighted by molar-refractivity contribution is 0.412. The molecule has 0 aliphatic heterocycles. The van der Waals surface area contributed by atoms with Crippen LogP contribution in [0.2, 0.25) is 0 Å². The van der Waals surface area contributed by atoms with E-state index in [1.807, 2.05) is 20.8 Å². The molecule has 0 spiro atoms. The van der Waals surface area contributed by atoms with Gasteiger partial charge in [0.2, 0.25) is 10.0 Å². The van der Waals surface area contributed by atoms with Crippen LogP contribution >= 0.6 is 0 Å². The van der Waals surface area contributed by atoms with Crippen molar-refractivity contribution in [3.05, 3.63) is 18.0 Å². The fourth-order valence-corrected chi connectivity index (χ4v) is 2.63. The van der Waals surface area contributed by atoms with E-state index in [1.54, 1.807) is 0 Å². The van der Waals surface area contributed by atoms with E-state index in [9.17, 15) is 8.42 Å². The number of sulfonamides is 1. The molecule has 0 amide bonds. The second kappa shape index (κ2) is 4.32. The van der Waals surface area contributed by atoms with Gasteiger partial charge in [-0.2, -0.15) is 0 Å². The van der Waals surface area contributed by atoms with Gasteiger partial charge in [0.05, 0.1) is 5.69 Å². The fourth-order valence-electron chi connectivity index (χ4n) is 1.04. The van der Waals surface area contributed by atoms with E-state index in [0.29, 0.717) is 5.69 Å². The monoisotopic (exact) mass is 232 g/mol. The molecule has 86 valence electrons. The highest BCUT2D eigenvalue weighted by Crippen LogP contribution is 2.11. The summed E-state index contributed by atoms with van der Waals surface area (Å²) in [5.74, 6) is -0.146. The first-order valence-corrected chi connectivity index (χ1v) is 6.41. The van der Waals surface area contributed by atoms with Crippen molar-refractivity contribution < 1.29 is 12.9 Å². The van der Waals surface area contributed by atoms with Crippen molar-refractivity contribution in [3.8, 4) is 0 Å². The summed E-state index contributed by atoms with van der Waals surface area (Å²) in [5.41, 5.74) is -0.0165. The molecule has 1 aromatic rings. The van der Waals surface area contributed by atoms with Crippen LogP contribution in [0.1, 0.15) is 32.9 Å². The molecule has 0 saturated heterocycles. The topological polar surface area (TPSA) is 72.2 Å². The van der Waals surface area contributed by atoms with E-state index >= 15 is 0 Å². The van der Waals surface area contributed by atoms with E-state index in [0.717, 1.165) is 6.42 Å². The lowest BCUT2D eigenvalue weighted by atomic mass is 10.0. The molecule has 0 fully saturated rings. The smallest absolute Gasteiger partial charge is 0.217 e. The van der Waals surface area contributed by atoms with Crippen LogP contribution in [0, 0.1) is 0 Å². The molecule has 1 rings (SSSR count). The Morgan fingerprint density at radius 1 is 1.53 bits per heavy atom. The maximum Gasteiger partial charge on any atom is 0.217 e. The zero-order valence-corrected chi connectivity index (χ0v) is 9.97. The van der Waals surface area contributed by atoms with Crippen LogP contribution in [0.4, 0.5) is 0 Å². The quantitative estimate of drug-likeness (QED) is 0.830. The van der Waals surface area contributed by atoms with E-state index < -0.39 is 15.6 Å². The summed E-state index contributed by atoms with van der Waals surface area (Å²) in [5, 5.41) is 3.56. The van der Waals surface area contributed by atoms with Gasteiger partial charge in [-0.15, -0.1) is 0 Å². The first kappa shape index (κ1) is 12.2. The molecule has 15 heavy (non-hydrogen) atoms. The first-order chi connectivity index (χ1) is 6.85. The van der Waals surface area contributed by atoms with Gasteiger partial charge in [0, 0.05) is 11.6 Å². The summed E-state index contributed by atoms with van der Waals surface area (Å²) >= 11 is 0. The standard InChI is InChI=1S/C9H16N2O3S/c1-4-9(2,3)11-15(12,13)7-8-5-6-14-10-8/h5-6,11H,4,7H2,1-3H3. The Morgan fingerprint density at radius 2 is 2.20 bits per heavy atom. The number of rotatable bonds is 5. The van der Waals surface area contributed by atoms with Crippen molar-refractivity contribution >= 4 is 10.0 Å². The maximum atomic E-state index is 11.7. The van der Waals surface area contributed by atoms with Gasteiger partial charge in [0.15, 0.2) is 0 Å². The largest absolute Gasteiger partial charge is 0.364 e. The third-order valence-electron chi connectivity index (χ3n) is 2.14. The predicted molar refractivity (Wildman–Crippen MR) is 56.6 cm³/mol. The van der Waals surface area contributed by atoms with E-state index in [4.69, 9.17) is 0 Å². The molecular formula is C9H16N2O3S. The van der Waals surface area contributed by atoms with Crippen LogP contribution in [0.25, 0.3) is 0 Å². The second-order valence-corrected chi connectivity index (χ2v) is 5.81. The summed E-state index contributed by atoms with van der Waals surface area (Å²) in [6.07, 6.45) is 2.08.